The number of para-hydroxylation sites is 2. The van der Waals surface area contributed by atoms with Crippen molar-refractivity contribution >= 4 is 29.2 Å². The number of alkyl halides is 3. The van der Waals surface area contributed by atoms with Gasteiger partial charge in [-0.1, -0.05) is 36.4 Å². The van der Waals surface area contributed by atoms with Gasteiger partial charge in [0.05, 0.1) is 28.0 Å². The first kappa shape index (κ1) is 26.3. The Hall–Kier alpha value is -4.34. The minimum atomic E-state index is -4.62. The zero-order valence-corrected chi connectivity index (χ0v) is 19.8. The van der Waals surface area contributed by atoms with E-state index in [-0.39, 0.29) is 16.8 Å². The number of carbonyl (C=O) groups is 3. The number of amides is 4. The number of primary amides is 1. The molecule has 0 spiro atoms. The third kappa shape index (κ3) is 5.83. The third-order valence-corrected chi connectivity index (χ3v) is 5.10. The molecule has 0 saturated carbocycles. The summed E-state index contributed by atoms with van der Waals surface area (Å²) in [7, 11) is 0. The van der Waals surface area contributed by atoms with Crippen LogP contribution >= 0.6 is 0 Å². The lowest BCUT2D eigenvalue weighted by Gasteiger charge is -2.42. The molecule has 0 radical (unpaired) electrons. The highest BCUT2D eigenvalue weighted by molar-refractivity contribution is 6.10. The first-order valence-corrected chi connectivity index (χ1v) is 10.9. The molecule has 0 heterocycles. The van der Waals surface area contributed by atoms with Crippen LogP contribution in [0.1, 0.15) is 47.1 Å². The highest BCUT2D eigenvalue weighted by Gasteiger charge is 2.37. The van der Waals surface area contributed by atoms with Crippen molar-refractivity contribution in [2.75, 3.05) is 10.3 Å². The monoisotopic (exact) mass is 498 g/mol. The van der Waals surface area contributed by atoms with Crippen molar-refractivity contribution in [1.29, 1.82) is 0 Å². The van der Waals surface area contributed by atoms with Crippen LogP contribution in [0.15, 0.2) is 78.9 Å². The summed E-state index contributed by atoms with van der Waals surface area (Å²) >= 11 is 0. The molecule has 3 rings (SSSR count). The maximum absolute atomic E-state index is 13.8. The number of hydrogen-bond donors (Lipinski definition) is 2. The van der Waals surface area contributed by atoms with Gasteiger partial charge in [0.15, 0.2) is 0 Å². The lowest BCUT2D eigenvalue weighted by molar-refractivity contribution is -0.137. The van der Waals surface area contributed by atoms with Gasteiger partial charge in [0.1, 0.15) is 0 Å². The van der Waals surface area contributed by atoms with Crippen LogP contribution in [-0.4, -0.2) is 28.4 Å². The first-order chi connectivity index (χ1) is 16.8. The molecule has 0 aliphatic carbocycles. The van der Waals surface area contributed by atoms with Crippen molar-refractivity contribution in [1.82, 2.24) is 5.01 Å². The summed E-state index contributed by atoms with van der Waals surface area (Å²) in [5.74, 6) is -1.50. The predicted molar refractivity (Wildman–Crippen MR) is 130 cm³/mol. The molecule has 4 amide bonds. The minimum absolute atomic E-state index is 0.00920. The number of carbonyl (C=O) groups excluding carboxylic acids is 3. The molecule has 0 saturated heterocycles. The third-order valence-electron chi connectivity index (χ3n) is 5.10. The average Bonchev–Trinajstić information content (AvgIpc) is 2.81. The number of nitrogens with zero attached hydrogens (tertiary/aromatic N) is 2. The molecule has 36 heavy (non-hydrogen) atoms. The van der Waals surface area contributed by atoms with E-state index in [0.717, 1.165) is 23.2 Å². The van der Waals surface area contributed by atoms with Gasteiger partial charge in [-0.25, -0.2) is 9.80 Å². The topological polar surface area (TPSA) is 95.7 Å². The van der Waals surface area contributed by atoms with Gasteiger partial charge in [-0.15, -0.1) is 0 Å². The second-order valence-electron chi connectivity index (χ2n) is 8.85. The van der Waals surface area contributed by atoms with Gasteiger partial charge in [0.25, 0.3) is 11.8 Å². The molecule has 0 bridgehead atoms. The SMILES string of the molecule is CC(C)(C)N(C(=O)c1ccccc1NC(=O)c1cccc(C(F)(F)F)c1)N(C(N)=O)c1ccccc1. The van der Waals surface area contributed by atoms with Crippen molar-refractivity contribution < 1.29 is 27.6 Å². The zero-order chi connectivity index (χ0) is 26.7. The summed E-state index contributed by atoms with van der Waals surface area (Å²) in [4.78, 5) is 39.1. The molecule has 3 aromatic rings. The Morgan fingerprint density at radius 2 is 1.44 bits per heavy atom. The van der Waals surface area contributed by atoms with E-state index in [0.29, 0.717) is 5.69 Å². The number of rotatable bonds is 4. The fourth-order valence-corrected chi connectivity index (χ4v) is 3.53. The van der Waals surface area contributed by atoms with Gasteiger partial charge in [-0.3, -0.25) is 9.59 Å². The van der Waals surface area contributed by atoms with Crippen LogP contribution in [0.25, 0.3) is 0 Å². The van der Waals surface area contributed by atoms with Crippen molar-refractivity contribution in [2.24, 2.45) is 5.73 Å². The fourth-order valence-electron chi connectivity index (χ4n) is 3.53. The van der Waals surface area contributed by atoms with Gasteiger partial charge in [-0.05, 0) is 63.2 Å². The largest absolute Gasteiger partial charge is 0.416 e. The molecule has 10 heteroatoms. The number of anilines is 2. The highest BCUT2D eigenvalue weighted by atomic mass is 19.4. The number of halogens is 3. The van der Waals surface area contributed by atoms with Crippen LogP contribution in [0.5, 0.6) is 0 Å². The lowest BCUT2D eigenvalue weighted by atomic mass is 10.0. The summed E-state index contributed by atoms with van der Waals surface area (Å²) in [6.07, 6.45) is -4.62. The quantitative estimate of drug-likeness (QED) is 0.452. The van der Waals surface area contributed by atoms with E-state index in [1.165, 1.54) is 23.2 Å². The van der Waals surface area contributed by atoms with Crippen LogP contribution < -0.4 is 16.1 Å². The van der Waals surface area contributed by atoms with Crippen LogP contribution in [0, 0.1) is 0 Å². The Bertz CT molecular complexity index is 1270. The Morgan fingerprint density at radius 1 is 0.833 bits per heavy atom. The van der Waals surface area contributed by atoms with E-state index in [4.69, 9.17) is 5.73 Å². The molecule has 3 aromatic carbocycles. The van der Waals surface area contributed by atoms with E-state index < -0.39 is 35.1 Å². The molecule has 3 N–H and O–H groups in total. The highest BCUT2D eigenvalue weighted by Crippen LogP contribution is 2.31. The first-order valence-electron chi connectivity index (χ1n) is 10.9. The van der Waals surface area contributed by atoms with Gasteiger partial charge >= 0.3 is 12.2 Å². The summed E-state index contributed by atoms with van der Waals surface area (Å²) in [5.41, 5.74) is 3.91. The second-order valence-corrected chi connectivity index (χ2v) is 8.85. The van der Waals surface area contributed by atoms with E-state index in [1.807, 2.05) is 0 Å². The Morgan fingerprint density at radius 3 is 2.03 bits per heavy atom. The van der Waals surface area contributed by atoms with Gasteiger partial charge in [0, 0.05) is 5.56 Å². The van der Waals surface area contributed by atoms with Crippen molar-refractivity contribution in [2.45, 2.75) is 32.5 Å². The van der Waals surface area contributed by atoms with Crippen LogP contribution in [-0.2, 0) is 6.18 Å². The fraction of sp³-hybridized carbons (Fsp3) is 0.192. The summed E-state index contributed by atoms with van der Waals surface area (Å²) in [6, 6.07) is 17.4. The average molecular weight is 499 g/mol. The molecule has 0 aliphatic heterocycles. The normalized spacial score (nSPS) is 11.5. The van der Waals surface area contributed by atoms with Crippen LogP contribution in [0.2, 0.25) is 0 Å². The number of hydrogen-bond acceptors (Lipinski definition) is 3. The van der Waals surface area contributed by atoms with Crippen LogP contribution in [0.3, 0.4) is 0 Å². The van der Waals surface area contributed by atoms with E-state index >= 15 is 0 Å². The number of urea groups is 1. The van der Waals surface area contributed by atoms with Crippen molar-refractivity contribution in [3.63, 3.8) is 0 Å². The smallest absolute Gasteiger partial charge is 0.350 e. The summed E-state index contributed by atoms with van der Waals surface area (Å²) < 4.78 is 39.3. The lowest BCUT2D eigenvalue weighted by Crippen LogP contribution is -2.60. The van der Waals surface area contributed by atoms with E-state index in [2.05, 4.69) is 5.32 Å². The van der Waals surface area contributed by atoms with Gasteiger partial charge in [-0.2, -0.15) is 18.2 Å². The summed E-state index contributed by atoms with van der Waals surface area (Å²) in [5, 5.41) is 4.71. The standard InChI is InChI=1S/C26H25F3N4O3/c1-25(2,3)33(32(24(30)36)19-12-5-4-6-13-19)23(35)20-14-7-8-15-21(20)31-22(34)17-10-9-11-18(16-17)26(27,28)29/h4-16H,1-3H3,(H2,30,36)(H,31,34). The molecule has 7 nitrogen and oxygen atoms in total. The van der Waals surface area contributed by atoms with Gasteiger partial charge < -0.3 is 11.1 Å². The molecule has 0 aliphatic rings. The molecule has 0 atom stereocenters. The molecule has 0 unspecified atom stereocenters. The molecule has 0 aromatic heterocycles. The molecule has 0 fully saturated rings. The molecular weight excluding hydrogens is 473 g/mol. The number of nitrogens with one attached hydrogen (secondary N) is 1. The maximum Gasteiger partial charge on any atom is 0.416 e. The number of hydrazine groups is 1. The maximum atomic E-state index is 13.8. The number of nitrogens with two attached hydrogens (primary N) is 1. The second kappa shape index (κ2) is 10.1. The zero-order valence-electron chi connectivity index (χ0n) is 19.8. The Labute approximate surface area is 206 Å². The van der Waals surface area contributed by atoms with Crippen molar-refractivity contribution in [3.8, 4) is 0 Å². The van der Waals surface area contributed by atoms with Crippen LogP contribution in [0.4, 0.5) is 29.3 Å². The number of benzene rings is 3. The predicted octanol–water partition coefficient (Wildman–Crippen LogP) is 5.70. The van der Waals surface area contributed by atoms with Gasteiger partial charge in [0.2, 0.25) is 0 Å². The molecular formula is C26H25F3N4O3. The van der Waals surface area contributed by atoms with E-state index in [1.54, 1.807) is 63.2 Å². The Kier molecular flexibility index (Phi) is 7.37. The summed E-state index contributed by atoms with van der Waals surface area (Å²) in [6.45, 7) is 5.11. The minimum Gasteiger partial charge on any atom is -0.350 e. The molecule has 188 valence electrons. The Balaban J connectivity index is 2.01. The van der Waals surface area contributed by atoms with Crippen molar-refractivity contribution in [3.05, 3.63) is 95.6 Å². The van der Waals surface area contributed by atoms with E-state index in [9.17, 15) is 27.6 Å².